The molecule has 0 radical (unpaired) electrons. The summed E-state index contributed by atoms with van der Waals surface area (Å²) in [7, 11) is 2.07. The minimum atomic E-state index is -0.115. The van der Waals surface area contributed by atoms with Crippen LogP contribution in [-0.2, 0) is 19.9 Å². The normalized spacial score (nSPS) is 14.9. The molecule has 0 saturated heterocycles. The summed E-state index contributed by atoms with van der Waals surface area (Å²) in [4.78, 5) is 23.8. The number of anilines is 1. The first-order valence-corrected chi connectivity index (χ1v) is 11.6. The summed E-state index contributed by atoms with van der Waals surface area (Å²) in [6.07, 6.45) is 2.79. The lowest BCUT2D eigenvalue weighted by atomic mass is 9.94. The van der Waals surface area contributed by atoms with E-state index in [0.29, 0.717) is 25.4 Å². The smallest absolute Gasteiger partial charge is 0.305 e. The number of nitrogens with zero attached hydrogens (tertiary/aromatic N) is 1. The molecular formula is C26H35ClN2O3. The van der Waals surface area contributed by atoms with Crippen molar-refractivity contribution in [3.8, 4) is 0 Å². The zero-order valence-corrected chi connectivity index (χ0v) is 20.3. The van der Waals surface area contributed by atoms with E-state index < -0.39 is 0 Å². The van der Waals surface area contributed by atoms with Gasteiger partial charge in [-0.25, -0.2) is 0 Å². The number of nitrogens with one attached hydrogen (secondary N) is 1. The Morgan fingerprint density at radius 3 is 2.62 bits per heavy atom. The van der Waals surface area contributed by atoms with E-state index in [1.807, 2.05) is 43.3 Å². The Morgan fingerprint density at radius 1 is 1.25 bits per heavy atom. The third kappa shape index (κ3) is 7.64. The minimum Gasteiger partial charge on any atom is -0.466 e. The van der Waals surface area contributed by atoms with E-state index in [2.05, 4.69) is 43.2 Å². The number of carbonyl (C=O) groups is 2. The van der Waals surface area contributed by atoms with Gasteiger partial charge < -0.3 is 19.7 Å². The van der Waals surface area contributed by atoms with Crippen molar-refractivity contribution in [1.82, 2.24) is 5.32 Å². The van der Waals surface area contributed by atoms with Crippen molar-refractivity contribution in [2.24, 2.45) is 0 Å². The molecule has 0 fully saturated rings. The number of halogens is 1. The van der Waals surface area contributed by atoms with Crippen LogP contribution in [0, 0.1) is 0 Å². The van der Waals surface area contributed by atoms with Gasteiger partial charge in [0, 0.05) is 55.1 Å². The number of rotatable bonds is 9. The van der Waals surface area contributed by atoms with Crippen LogP contribution in [0.1, 0.15) is 57.1 Å². The van der Waals surface area contributed by atoms with Crippen LogP contribution in [0.4, 0.5) is 5.69 Å². The summed E-state index contributed by atoms with van der Waals surface area (Å²) in [5, 5.41) is 4.10. The second kappa shape index (κ2) is 12.6. The highest BCUT2D eigenvalue weighted by molar-refractivity contribution is 6.30. The van der Waals surface area contributed by atoms with Gasteiger partial charge in [0.15, 0.2) is 0 Å². The van der Waals surface area contributed by atoms with Crippen molar-refractivity contribution < 1.29 is 14.3 Å². The highest BCUT2D eigenvalue weighted by atomic mass is 35.5. The van der Waals surface area contributed by atoms with Crippen molar-refractivity contribution in [3.63, 3.8) is 0 Å². The molecule has 174 valence electrons. The summed E-state index contributed by atoms with van der Waals surface area (Å²) >= 11 is 6.04. The van der Waals surface area contributed by atoms with Gasteiger partial charge in [0.05, 0.1) is 6.61 Å². The Hall–Kier alpha value is -2.37. The highest BCUT2D eigenvalue weighted by Gasteiger charge is 2.27. The number of fused-ring (bicyclic) bond motifs is 1. The van der Waals surface area contributed by atoms with E-state index >= 15 is 0 Å². The van der Waals surface area contributed by atoms with Crippen LogP contribution in [0.2, 0.25) is 5.02 Å². The molecule has 5 nitrogen and oxygen atoms in total. The molecular weight excluding hydrogens is 424 g/mol. The zero-order valence-electron chi connectivity index (χ0n) is 19.6. The van der Waals surface area contributed by atoms with E-state index in [0.717, 1.165) is 30.8 Å². The van der Waals surface area contributed by atoms with Gasteiger partial charge in [-0.3, -0.25) is 4.79 Å². The molecule has 1 unspecified atom stereocenters. The Bertz CT molecular complexity index is 871. The monoisotopic (exact) mass is 458 g/mol. The molecule has 0 amide bonds. The zero-order chi connectivity index (χ0) is 23.6. The highest BCUT2D eigenvalue weighted by Crippen LogP contribution is 2.39. The van der Waals surface area contributed by atoms with Crippen molar-refractivity contribution in [1.29, 1.82) is 0 Å². The van der Waals surface area contributed by atoms with Gasteiger partial charge in [-0.2, -0.15) is 0 Å². The maximum Gasteiger partial charge on any atom is 0.305 e. The number of aldehydes is 1. The third-order valence-corrected chi connectivity index (χ3v) is 5.90. The summed E-state index contributed by atoms with van der Waals surface area (Å²) in [5.74, 6) is 0.253. The average molecular weight is 459 g/mol. The molecule has 0 spiro atoms. The Kier molecular flexibility index (Phi) is 10.2. The Balaban J connectivity index is 0.000000235. The second-order valence-electron chi connectivity index (χ2n) is 8.50. The number of carbonyl (C=O) groups excluding carboxylic acids is 2. The van der Waals surface area contributed by atoms with Crippen LogP contribution in [-0.4, -0.2) is 39.0 Å². The van der Waals surface area contributed by atoms with E-state index in [1.54, 1.807) is 0 Å². The van der Waals surface area contributed by atoms with Gasteiger partial charge in [0.25, 0.3) is 0 Å². The number of benzene rings is 2. The molecule has 3 rings (SSSR count). The van der Waals surface area contributed by atoms with Gasteiger partial charge in [0.1, 0.15) is 6.29 Å². The quantitative estimate of drug-likeness (QED) is 0.313. The predicted molar refractivity (Wildman–Crippen MR) is 131 cm³/mol. The number of likely N-dealkylation sites (N-methyl/N-ethyl adjacent to an activating group) is 1. The molecule has 1 aliphatic rings. The molecule has 0 aliphatic carbocycles. The fraction of sp³-hybridized carbons (Fsp3) is 0.462. The van der Waals surface area contributed by atoms with Gasteiger partial charge in [-0.1, -0.05) is 41.9 Å². The maximum atomic E-state index is 11.4. The lowest BCUT2D eigenvalue weighted by Crippen LogP contribution is -2.37. The lowest BCUT2D eigenvalue weighted by molar-refractivity contribution is -0.143. The lowest BCUT2D eigenvalue weighted by Gasteiger charge is -2.26. The SMILES string of the molecule is CC(C)(NCCC=O)c1ccccc1.CCOC(=O)CCC1CN(C)c2ccc(Cl)cc21. The fourth-order valence-corrected chi connectivity index (χ4v) is 4.08. The van der Waals surface area contributed by atoms with Crippen LogP contribution in [0.5, 0.6) is 0 Å². The molecule has 1 aliphatic heterocycles. The molecule has 2 aromatic rings. The van der Waals surface area contributed by atoms with Crippen molar-refractivity contribution in [2.75, 3.05) is 31.6 Å². The first-order chi connectivity index (χ1) is 15.3. The van der Waals surface area contributed by atoms with Crippen LogP contribution in [0.15, 0.2) is 48.5 Å². The second-order valence-corrected chi connectivity index (χ2v) is 8.93. The van der Waals surface area contributed by atoms with Crippen molar-refractivity contribution in [3.05, 3.63) is 64.7 Å². The first kappa shape index (κ1) is 25.9. The minimum absolute atomic E-state index is 0.0652. The maximum absolute atomic E-state index is 11.4. The third-order valence-electron chi connectivity index (χ3n) is 5.66. The number of ether oxygens (including phenoxy) is 1. The Labute approximate surface area is 197 Å². The first-order valence-electron chi connectivity index (χ1n) is 11.2. The van der Waals surface area contributed by atoms with Gasteiger partial charge in [0.2, 0.25) is 0 Å². The molecule has 1 atom stereocenters. The molecule has 2 aromatic carbocycles. The standard InChI is InChI=1S/C14H18ClNO2.C12H17NO/c1-3-18-14(17)7-4-10-9-16(2)13-6-5-11(15)8-12(10)13;1-12(2,13-9-6-10-14)11-7-4-3-5-8-11/h5-6,8,10H,3-4,7,9H2,1-2H3;3-5,7-8,10,13H,6,9H2,1-2H3. The van der Waals surface area contributed by atoms with Gasteiger partial charge >= 0.3 is 5.97 Å². The summed E-state index contributed by atoms with van der Waals surface area (Å²) in [6.45, 7) is 8.18. The molecule has 32 heavy (non-hydrogen) atoms. The summed E-state index contributed by atoms with van der Waals surface area (Å²) < 4.78 is 4.96. The Morgan fingerprint density at radius 2 is 1.97 bits per heavy atom. The predicted octanol–water partition coefficient (Wildman–Crippen LogP) is 5.32. The van der Waals surface area contributed by atoms with Crippen LogP contribution >= 0.6 is 11.6 Å². The van der Waals surface area contributed by atoms with E-state index in [9.17, 15) is 9.59 Å². The van der Waals surface area contributed by atoms with Crippen molar-refractivity contribution >= 4 is 29.5 Å². The summed E-state index contributed by atoms with van der Waals surface area (Å²) in [6, 6.07) is 16.2. The van der Waals surface area contributed by atoms with Gasteiger partial charge in [-0.15, -0.1) is 0 Å². The van der Waals surface area contributed by atoms with Gasteiger partial charge in [-0.05, 0) is 56.5 Å². The topological polar surface area (TPSA) is 58.6 Å². The molecule has 1 heterocycles. The molecule has 6 heteroatoms. The van der Waals surface area contributed by atoms with Crippen LogP contribution in [0.25, 0.3) is 0 Å². The number of hydrogen-bond acceptors (Lipinski definition) is 5. The van der Waals surface area contributed by atoms with Crippen LogP contribution < -0.4 is 10.2 Å². The molecule has 0 aromatic heterocycles. The molecule has 1 N–H and O–H groups in total. The van der Waals surface area contributed by atoms with E-state index in [1.165, 1.54) is 16.8 Å². The fourth-order valence-electron chi connectivity index (χ4n) is 3.90. The largest absolute Gasteiger partial charge is 0.466 e. The van der Waals surface area contributed by atoms with E-state index in [-0.39, 0.29) is 11.5 Å². The van der Waals surface area contributed by atoms with Crippen molar-refractivity contribution in [2.45, 2.75) is 51.5 Å². The average Bonchev–Trinajstić information content (AvgIpc) is 3.08. The molecule has 0 bridgehead atoms. The van der Waals surface area contributed by atoms with Crippen LogP contribution in [0.3, 0.4) is 0 Å². The van der Waals surface area contributed by atoms with E-state index in [4.69, 9.17) is 16.3 Å². The summed E-state index contributed by atoms with van der Waals surface area (Å²) in [5.41, 5.74) is 3.64. The molecule has 0 saturated carbocycles. The number of hydrogen-bond donors (Lipinski definition) is 1. The number of esters is 1.